The van der Waals surface area contributed by atoms with Gasteiger partial charge in [0.2, 0.25) is 5.91 Å². The van der Waals surface area contributed by atoms with Crippen LogP contribution in [0, 0.1) is 5.92 Å². The van der Waals surface area contributed by atoms with Crippen molar-refractivity contribution in [3.8, 4) is 0 Å². The van der Waals surface area contributed by atoms with Gasteiger partial charge in [0.1, 0.15) is 0 Å². The highest BCUT2D eigenvalue weighted by atomic mass is 35.5. The molecule has 0 aromatic rings. The summed E-state index contributed by atoms with van der Waals surface area (Å²) in [6, 6.07) is 0.0314. The van der Waals surface area contributed by atoms with E-state index < -0.39 is 0 Å². The first-order valence-electron chi connectivity index (χ1n) is 7.89. The Hall–Kier alpha value is -0.320. The third-order valence-corrected chi connectivity index (χ3v) is 4.71. The average molecular weight is 304 g/mol. The Balaban J connectivity index is 0.00000200. The molecule has 0 radical (unpaired) electrons. The number of nitrogens with zero attached hydrogens (tertiary/aromatic N) is 1. The van der Waals surface area contributed by atoms with Crippen molar-refractivity contribution in [3.05, 3.63) is 0 Å². The van der Waals surface area contributed by atoms with Gasteiger partial charge in [0.15, 0.2) is 0 Å². The second-order valence-electron chi connectivity index (χ2n) is 6.43. The average Bonchev–Trinajstić information content (AvgIpc) is 2.42. The molecule has 1 saturated heterocycles. The molecule has 1 unspecified atom stereocenters. The van der Waals surface area contributed by atoms with E-state index in [1.807, 2.05) is 0 Å². The maximum absolute atomic E-state index is 12.1. The van der Waals surface area contributed by atoms with E-state index in [2.05, 4.69) is 17.3 Å². The fourth-order valence-electron chi connectivity index (χ4n) is 3.35. The molecule has 1 amide bonds. The zero-order valence-corrected chi connectivity index (χ0v) is 13.5. The highest BCUT2D eigenvalue weighted by Crippen LogP contribution is 2.27. The fraction of sp³-hybridized carbons (Fsp3) is 0.933. The van der Waals surface area contributed by atoms with Crippen molar-refractivity contribution < 1.29 is 4.79 Å². The summed E-state index contributed by atoms with van der Waals surface area (Å²) in [6.07, 6.45) is 9.48. The van der Waals surface area contributed by atoms with Crippen molar-refractivity contribution >= 4 is 18.3 Å². The molecule has 0 aromatic heterocycles. The third kappa shape index (κ3) is 5.58. The summed E-state index contributed by atoms with van der Waals surface area (Å²) in [4.78, 5) is 14.4. The minimum absolute atomic E-state index is 0. The highest BCUT2D eigenvalue weighted by molar-refractivity contribution is 5.85. The summed E-state index contributed by atoms with van der Waals surface area (Å²) in [6.45, 7) is 2.14. The summed E-state index contributed by atoms with van der Waals surface area (Å²) >= 11 is 0. The largest absolute Gasteiger partial charge is 0.352 e. The van der Waals surface area contributed by atoms with E-state index in [0.29, 0.717) is 12.0 Å². The summed E-state index contributed by atoms with van der Waals surface area (Å²) in [5.74, 6) is 0.743. The van der Waals surface area contributed by atoms with Crippen molar-refractivity contribution in [2.24, 2.45) is 11.7 Å². The molecule has 2 fully saturated rings. The van der Waals surface area contributed by atoms with Crippen molar-refractivity contribution in [1.29, 1.82) is 0 Å². The Bertz CT molecular complexity index is 287. The van der Waals surface area contributed by atoms with Gasteiger partial charge in [-0.2, -0.15) is 0 Å². The summed E-state index contributed by atoms with van der Waals surface area (Å²) in [7, 11) is 2.13. The van der Waals surface area contributed by atoms with Gasteiger partial charge in [0, 0.05) is 6.04 Å². The van der Waals surface area contributed by atoms with Crippen LogP contribution in [0.25, 0.3) is 0 Å². The monoisotopic (exact) mass is 303 g/mol. The maximum Gasteiger partial charge on any atom is 0.237 e. The molecular weight excluding hydrogens is 274 g/mol. The summed E-state index contributed by atoms with van der Waals surface area (Å²) < 4.78 is 0. The van der Waals surface area contributed by atoms with Crippen LogP contribution in [0.3, 0.4) is 0 Å². The Morgan fingerprint density at radius 1 is 1.20 bits per heavy atom. The molecule has 1 heterocycles. The van der Waals surface area contributed by atoms with E-state index in [1.54, 1.807) is 0 Å². The molecule has 1 atom stereocenters. The number of rotatable bonds is 4. The molecular formula is C15H30ClN3O. The van der Waals surface area contributed by atoms with Crippen LogP contribution in [0.4, 0.5) is 0 Å². The van der Waals surface area contributed by atoms with Crippen molar-refractivity contribution in [2.45, 2.75) is 63.5 Å². The van der Waals surface area contributed by atoms with Gasteiger partial charge in [0.05, 0.1) is 6.04 Å². The van der Waals surface area contributed by atoms with Crippen LogP contribution in [-0.4, -0.2) is 43.0 Å². The molecule has 1 aliphatic heterocycles. The smallest absolute Gasteiger partial charge is 0.237 e. The van der Waals surface area contributed by atoms with Gasteiger partial charge in [-0.1, -0.05) is 32.1 Å². The van der Waals surface area contributed by atoms with Gasteiger partial charge in [-0.05, 0) is 45.3 Å². The number of carbonyl (C=O) groups is 1. The number of nitrogens with two attached hydrogens (primary N) is 1. The van der Waals surface area contributed by atoms with Crippen LogP contribution in [0.5, 0.6) is 0 Å². The molecule has 1 aliphatic carbocycles. The van der Waals surface area contributed by atoms with Crippen LogP contribution in [0.15, 0.2) is 0 Å². The van der Waals surface area contributed by atoms with Crippen LogP contribution < -0.4 is 11.1 Å². The van der Waals surface area contributed by atoms with E-state index in [9.17, 15) is 4.79 Å². The predicted octanol–water partition coefficient (Wildman–Crippen LogP) is 1.92. The minimum Gasteiger partial charge on any atom is -0.352 e. The number of amides is 1. The van der Waals surface area contributed by atoms with E-state index in [-0.39, 0.29) is 24.4 Å². The lowest BCUT2D eigenvalue weighted by molar-refractivity contribution is -0.123. The van der Waals surface area contributed by atoms with Gasteiger partial charge in [-0.25, -0.2) is 0 Å². The first-order chi connectivity index (χ1) is 9.15. The molecule has 20 heavy (non-hydrogen) atoms. The van der Waals surface area contributed by atoms with Crippen molar-refractivity contribution in [3.63, 3.8) is 0 Å². The van der Waals surface area contributed by atoms with Crippen molar-refractivity contribution in [2.75, 3.05) is 20.1 Å². The highest BCUT2D eigenvalue weighted by Gasteiger charge is 2.24. The van der Waals surface area contributed by atoms with Gasteiger partial charge in [0.25, 0.3) is 0 Å². The van der Waals surface area contributed by atoms with Gasteiger partial charge in [-0.15, -0.1) is 12.4 Å². The molecule has 0 spiro atoms. The predicted molar refractivity (Wildman–Crippen MR) is 85.1 cm³/mol. The quantitative estimate of drug-likeness (QED) is 0.834. The van der Waals surface area contributed by atoms with E-state index >= 15 is 0 Å². The zero-order chi connectivity index (χ0) is 13.7. The minimum atomic E-state index is -0.303. The van der Waals surface area contributed by atoms with Crippen LogP contribution in [0.2, 0.25) is 0 Å². The molecule has 3 N–H and O–H groups in total. The lowest BCUT2D eigenvalue weighted by Gasteiger charge is -2.31. The maximum atomic E-state index is 12.1. The topological polar surface area (TPSA) is 58.4 Å². The number of hydrogen-bond acceptors (Lipinski definition) is 3. The van der Waals surface area contributed by atoms with Crippen LogP contribution in [0.1, 0.15) is 51.4 Å². The second-order valence-corrected chi connectivity index (χ2v) is 6.43. The SMILES string of the molecule is CN1CCC(NC(=O)C(N)CC2CCCCC2)CC1.Cl. The van der Waals surface area contributed by atoms with Crippen LogP contribution in [-0.2, 0) is 4.79 Å². The molecule has 0 bridgehead atoms. The number of nitrogens with one attached hydrogen (secondary N) is 1. The summed E-state index contributed by atoms with van der Waals surface area (Å²) in [5.41, 5.74) is 6.07. The molecule has 2 aliphatic rings. The normalized spacial score (nSPS) is 23.9. The molecule has 0 aromatic carbocycles. The lowest BCUT2D eigenvalue weighted by Crippen LogP contribution is -2.49. The Morgan fingerprint density at radius 2 is 1.80 bits per heavy atom. The standard InChI is InChI=1S/C15H29N3O.ClH/c1-18-9-7-13(8-10-18)17-15(19)14(16)11-12-5-3-2-4-6-12;/h12-14H,2-11,16H2,1H3,(H,17,19);1H. The number of halogens is 1. The third-order valence-electron chi connectivity index (χ3n) is 4.71. The first-order valence-corrected chi connectivity index (χ1v) is 7.89. The van der Waals surface area contributed by atoms with Gasteiger partial charge < -0.3 is 16.0 Å². The Morgan fingerprint density at radius 3 is 2.40 bits per heavy atom. The number of carbonyl (C=O) groups excluding carboxylic acids is 1. The molecule has 5 heteroatoms. The molecule has 118 valence electrons. The van der Waals surface area contributed by atoms with Gasteiger partial charge in [-0.3, -0.25) is 4.79 Å². The number of piperidine rings is 1. The molecule has 2 rings (SSSR count). The Kier molecular flexibility index (Phi) is 7.85. The Labute approximate surface area is 129 Å². The molecule has 4 nitrogen and oxygen atoms in total. The zero-order valence-electron chi connectivity index (χ0n) is 12.6. The van der Waals surface area contributed by atoms with Crippen molar-refractivity contribution in [1.82, 2.24) is 10.2 Å². The van der Waals surface area contributed by atoms with Gasteiger partial charge >= 0.3 is 0 Å². The lowest BCUT2D eigenvalue weighted by atomic mass is 9.85. The number of hydrogen-bond donors (Lipinski definition) is 2. The van der Waals surface area contributed by atoms with E-state index in [0.717, 1.165) is 32.4 Å². The summed E-state index contributed by atoms with van der Waals surface area (Å²) in [5, 5.41) is 3.14. The van der Waals surface area contributed by atoms with E-state index in [4.69, 9.17) is 5.73 Å². The first kappa shape index (κ1) is 17.7. The number of likely N-dealkylation sites (tertiary alicyclic amines) is 1. The van der Waals surface area contributed by atoms with E-state index in [1.165, 1.54) is 32.1 Å². The second kappa shape index (κ2) is 8.85. The molecule has 1 saturated carbocycles. The van der Waals surface area contributed by atoms with Crippen LogP contribution >= 0.6 is 12.4 Å². The fourth-order valence-corrected chi connectivity index (χ4v) is 3.35.